The summed E-state index contributed by atoms with van der Waals surface area (Å²) in [4.78, 5) is 39.6. The zero-order chi connectivity index (χ0) is 24.5. The molecule has 1 aromatic carbocycles. The molecule has 1 aromatic rings. The number of ether oxygens (including phenoxy) is 1. The summed E-state index contributed by atoms with van der Waals surface area (Å²) in [5.41, 5.74) is 5.82. The summed E-state index contributed by atoms with van der Waals surface area (Å²) in [7, 11) is 1.55. The van der Waals surface area contributed by atoms with Crippen LogP contribution in [0.25, 0.3) is 0 Å². The molecule has 0 bridgehead atoms. The van der Waals surface area contributed by atoms with Gasteiger partial charge in [-0.15, -0.1) is 0 Å². The highest BCUT2D eigenvalue weighted by atomic mass is 16.6. The van der Waals surface area contributed by atoms with Crippen LogP contribution in [0.2, 0.25) is 0 Å². The molecule has 1 rings (SSSR count). The summed E-state index contributed by atoms with van der Waals surface area (Å²) in [6.45, 7) is 8.96. The lowest BCUT2D eigenvalue weighted by molar-refractivity contribution is -0.158. The molecule has 0 unspecified atom stereocenters. The van der Waals surface area contributed by atoms with E-state index in [1.807, 2.05) is 44.2 Å². The third-order valence-corrected chi connectivity index (χ3v) is 4.93. The number of aliphatic hydroxyl groups excluding tert-OH is 1. The Morgan fingerprint density at radius 3 is 2.19 bits per heavy atom. The molecule has 0 spiro atoms. The Balaban J connectivity index is 3.09. The molecule has 2 amide bonds. The number of nitrogens with one attached hydrogen (secondary N) is 1. The second kappa shape index (κ2) is 12.6. The normalized spacial score (nSPS) is 14.5. The Morgan fingerprint density at radius 1 is 1.12 bits per heavy atom. The number of likely N-dealkylation sites (N-methyl/N-ethyl adjacent to an activating group) is 1. The quantitative estimate of drug-likeness (QED) is 0.417. The first-order valence-electron chi connectivity index (χ1n) is 11.0. The highest BCUT2D eigenvalue weighted by Crippen LogP contribution is 2.16. The second-order valence-corrected chi connectivity index (χ2v) is 9.50. The van der Waals surface area contributed by atoms with E-state index in [0.717, 1.165) is 5.56 Å². The number of carbonyl (C=O) groups excluding carboxylic acids is 3. The predicted octanol–water partition coefficient (Wildman–Crippen LogP) is 1.64. The highest BCUT2D eigenvalue weighted by Gasteiger charge is 2.34. The molecule has 0 aliphatic carbocycles. The van der Waals surface area contributed by atoms with Crippen LogP contribution in [-0.4, -0.2) is 65.2 Å². The van der Waals surface area contributed by atoms with Crippen LogP contribution in [0.15, 0.2) is 30.3 Å². The first-order valence-corrected chi connectivity index (χ1v) is 11.0. The van der Waals surface area contributed by atoms with Crippen LogP contribution in [0.4, 0.5) is 0 Å². The van der Waals surface area contributed by atoms with Gasteiger partial charge >= 0.3 is 5.97 Å². The Morgan fingerprint density at radius 2 is 1.72 bits per heavy atom. The number of rotatable bonds is 12. The monoisotopic (exact) mass is 449 g/mol. The Kier molecular flexibility index (Phi) is 10.8. The van der Waals surface area contributed by atoms with Crippen molar-refractivity contribution in [1.29, 1.82) is 0 Å². The number of aliphatic hydroxyl groups is 1. The molecule has 180 valence electrons. The molecule has 8 nitrogen and oxygen atoms in total. The van der Waals surface area contributed by atoms with Gasteiger partial charge in [0, 0.05) is 20.1 Å². The average Bonchev–Trinajstić information content (AvgIpc) is 2.69. The number of primary amides is 1. The van der Waals surface area contributed by atoms with Crippen LogP contribution in [-0.2, 0) is 25.5 Å². The summed E-state index contributed by atoms with van der Waals surface area (Å²) in [5.74, 6) is -1.34. The molecule has 4 N–H and O–H groups in total. The van der Waals surface area contributed by atoms with Crippen LogP contribution in [0, 0.1) is 5.92 Å². The minimum absolute atomic E-state index is 0.101. The van der Waals surface area contributed by atoms with E-state index in [0.29, 0.717) is 12.8 Å². The predicted molar refractivity (Wildman–Crippen MR) is 124 cm³/mol. The smallest absolute Gasteiger partial charge is 0.323 e. The van der Waals surface area contributed by atoms with Crippen LogP contribution < -0.4 is 11.1 Å². The van der Waals surface area contributed by atoms with Crippen molar-refractivity contribution in [3.63, 3.8) is 0 Å². The Bertz CT molecular complexity index is 746. The zero-order valence-electron chi connectivity index (χ0n) is 20.1. The molecule has 0 fully saturated rings. The number of esters is 1. The Hall–Kier alpha value is -2.45. The lowest BCUT2D eigenvalue weighted by Gasteiger charge is -2.33. The maximum atomic E-state index is 13.4. The van der Waals surface area contributed by atoms with Gasteiger partial charge < -0.3 is 20.5 Å². The van der Waals surface area contributed by atoms with Crippen LogP contribution in [0.5, 0.6) is 0 Å². The molecule has 8 heteroatoms. The summed E-state index contributed by atoms with van der Waals surface area (Å²) in [6, 6.07) is 6.90. The van der Waals surface area contributed by atoms with Crippen molar-refractivity contribution >= 4 is 17.8 Å². The average molecular weight is 450 g/mol. The topological polar surface area (TPSA) is 122 Å². The fourth-order valence-corrected chi connectivity index (χ4v) is 3.39. The van der Waals surface area contributed by atoms with Crippen molar-refractivity contribution < 1.29 is 24.2 Å². The third kappa shape index (κ3) is 9.36. The lowest BCUT2D eigenvalue weighted by Crippen LogP contribution is -2.57. The minimum atomic E-state index is -0.860. The lowest BCUT2D eigenvalue weighted by atomic mass is 9.99. The number of nitrogens with zero attached hydrogens (tertiary/aromatic N) is 1. The molecule has 32 heavy (non-hydrogen) atoms. The zero-order valence-corrected chi connectivity index (χ0v) is 20.1. The highest BCUT2D eigenvalue weighted by molar-refractivity contribution is 5.89. The van der Waals surface area contributed by atoms with Crippen molar-refractivity contribution in [2.45, 2.75) is 77.6 Å². The molecule has 0 saturated heterocycles. The molecule has 0 heterocycles. The number of amides is 2. The molecule has 0 aliphatic rings. The van der Waals surface area contributed by atoms with Crippen molar-refractivity contribution in [2.75, 3.05) is 13.7 Å². The summed E-state index contributed by atoms with van der Waals surface area (Å²) < 4.78 is 5.45. The Labute approximate surface area is 191 Å². The van der Waals surface area contributed by atoms with E-state index in [1.165, 1.54) is 4.90 Å². The summed E-state index contributed by atoms with van der Waals surface area (Å²) in [6.07, 6.45) is 0.827. The van der Waals surface area contributed by atoms with E-state index >= 15 is 0 Å². The summed E-state index contributed by atoms with van der Waals surface area (Å²) in [5, 5.41) is 12.5. The largest absolute Gasteiger partial charge is 0.459 e. The fourth-order valence-electron chi connectivity index (χ4n) is 3.39. The molecular weight excluding hydrogens is 410 g/mol. The van der Waals surface area contributed by atoms with Gasteiger partial charge in [-0.2, -0.15) is 0 Å². The van der Waals surface area contributed by atoms with Gasteiger partial charge in [0.25, 0.3) is 0 Å². The van der Waals surface area contributed by atoms with Crippen LogP contribution in [0.1, 0.15) is 53.0 Å². The van der Waals surface area contributed by atoms with Gasteiger partial charge in [0.1, 0.15) is 17.7 Å². The number of hydrogen-bond acceptors (Lipinski definition) is 6. The van der Waals surface area contributed by atoms with E-state index < -0.39 is 35.6 Å². The maximum Gasteiger partial charge on any atom is 0.323 e. The van der Waals surface area contributed by atoms with Gasteiger partial charge in [0.2, 0.25) is 11.8 Å². The van der Waals surface area contributed by atoms with Crippen LogP contribution in [0.3, 0.4) is 0 Å². The first kappa shape index (κ1) is 27.6. The van der Waals surface area contributed by atoms with Gasteiger partial charge in [-0.3, -0.25) is 19.7 Å². The second-order valence-electron chi connectivity index (χ2n) is 9.50. The van der Waals surface area contributed by atoms with Gasteiger partial charge in [0.15, 0.2) is 0 Å². The van der Waals surface area contributed by atoms with Crippen molar-refractivity contribution in [2.24, 2.45) is 11.7 Å². The number of benzene rings is 1. The summed E-state index contributed by atoms with van der Waals surface area (Å²) >= 11 is 0. The van der Waals surface area contributed by atoms with E-state index in [-0.39, 0.29) is 24.9 Å². The maximum absolute atomic E-state index is 13.4. The minimum Gasteiger partial charge on any atom is -0.459 e. The van der Waals surface area contributed by atoms with E-state index in [2.05, 4.69) is 5.32 Å². The molecule has 0 aromatic heterocycles. The van der Waals surface area contributed by atoms with Gasteiger partial charge in [-0.05, 0) is 45.1 Å². The SMILES string of the molecule is CC(C)C[C@H](N[C@H](CCO)C(=O)OC(C)(C)C)C(=O)N(C)[C@@H](Cc1ccccc1)C(N)=O. The third-order valence-electron chi connectivity index (χ3n) is 4.93. The van der Waals surface area contributed by atoms with Gasteiger partial charge in [-0.1, -0.05) is 44.2 Å². The van der Waals surface area contributed by atoms with E-state index in [9.17, 15) is 19.5 Å². The number of nitrogens with two attached hydrogens (primary N) is 1. The first-order chi connectivity index (χ1) is 14.9. The van der Waals surface area contributed by atoms with E-state index in [1.54, 1.807) is 27.8 Å². The molecule has 3 atom stereocenters. The number of carbonyl (C=O) groups is 3. The standard InChI is InChI=1S/C24H39N3O5/c1-16(2)14-19(26-18(12-13-28)23(31)32-24(3,4)5)22(30)27(6)20(21(25)29)15-17-10-8-7-9-11-17/h7-11,16,18-20,26,28H,12-15H2,1-6H3,(H2,25,29)/t18-,19+,20+/m1/s1. The van der Waals surface area contributed by atoms with Crippen molar-refractivity contribution in [1.82, 2.24) is 10.2 Å². The fraction of sp³-hybridized carbons (Fsp3) is 0.625. The molecule has 0 saturated carbocycles. The van der Waals surface area contributed by atoms with Crippen LogP contribution >= 0.6 is 0 Å². The molecule has 0 radical (unpaired) electrons. The van der Waals surface area contributed by atoms with Gasteiger partial charge in [-0.25, -0.2) is 0 Å². The van der Waals surface area contributed by atoms with Gasteiger partial charge in [0.05, 0.1) is 6.04 Å². The van der Waals surface area contributed by atoms with Crippen molar-refractivity contribution in [3.8, 4) is 0 Å². The van der Waals surface area contributed by atoms with E-state index in [4.69, 9.17) is 10.5 Å². The van der Waals surface area contributed by atoms with Crippen molar-refractivity contribution in [3.05, 3.63) is 35.9 Å². The molecular formula is C24H39N3O5. The molecule has 0 aliphatic heterocycles. The number of hydrogen-bond donors (Lipinski definition) is 3.